The molecule has 0 aromatic heterocycles. The normalized spacial score (nSPS) is 12.7. The zero-order valence-electron chi connectivity index (χ0n) is 10.3. The SMILES string of the molecule is Cc1cc(SCCS(C)(=O)=O)ccc1/C(N)=N/O. The van der Waals surface area contributed by atoms with Gasteiger partial charge >= 0.3 is 0 Å². The molecule has 0 radical (unpaired) electrons. The van der Waals surface area contributed by atoms with Gasteiger partial charge < -0.3 is 10.9 Å². The first kappa shape index (κ1) is 14.8. The van der Waals surface area contributed by atoms with Crippen molar-refractivity contribution in [2.75, 3.05) is 17.8 Å². The Morgan fingerprint density at radius 2 is 2.17 bits per heavy atom. The Labute approximate surface area is 111 Å². The molecule has 0 amide bonds. The van der Waals surface area contributed by atoms with Gasteiger partial charge in [0.2, 0.25) is 0 Å². The number of aryl methyl sites for hydroxylation is 1. The third-order valence-corrected chi connectivity index (χ3v) is 4.50. The van der Waals surface area contributed by atoms with Gasteiger partial charge in [-0.1, -0.05) is 5.16 Å². The lowest BCUT2D eigenvalue weighted by Gasteiger charge is -2.06. The first-order valence-corrected chi connectivity index (χ1v) is 8.27. The van der Waals surface area contributed by atoms with E-state index in [1.807, 2.05) is 19.1 Å². The molecule has 1 aromatic carbocycles. The van der Waals surface area contributed by atoms with Gasteiger partial charge in [-0.05, 0) is 30.7 Å². The first-order valence-electron chi connectivity index (χ1n) is 5.22. The molecular weight excluding hydrogens is 272 g/mol. The van der Waals surface area contributed by atoms with E-state index in [2.05, 4.69) is 5.16 Å². The van der Waals surface area contributed by atoms with Crippen LogP contribution < -0.4 is 5.73 Å². The molecular formula is C11H16N2O3S2. The third kappa shape index (κ3) is 4.58. The van der Waals surface area contributed by atoms with Crippen LogP contribution in [-0.4, -0.2) is 37.2 Å². The number of oxime groups is 1. The van der Waals surface area contributed by atoms with E-state index < -0.39 is 9.84 Å². The highest BCUT2D eigenvalue weighted by Crippen LogP contribution is 2.21. The lowest BCUT2D eigenvalue weighted by molar-refractivity contribution is 0.318. The molecule has 0 unspecified atom stereocenters. The zero-order valence-corrected chi connectivity index (χ0v) is 11.9. The van der Waals surface area contributed by atoms with E-state index in [9.17, 15) is 8.42 Å². The Morgan fingerprint density at radius 1 is 1.50 bits per heavy atom. The molecule has 0 atom stereocenters. The van der Waals surface area contributed by atoms with Crippen molar-refractivity contribution in [3.8, 4) is 0 Å². The van der Waals surface area contributed by atoms with Crippen molar-refractivity contribution in [3.05, 3.63) is 29.3 Å². The van der Waals surface area contributed by atoms with Crippen molar-refractivity contribution in [1.29, 1.82) is 0 Å². The molecule has 0 spiro atoms. The van der Waals surface area contributed by atoms with Crippen LogP contribution in [0, 0.1) is 6.92 Å². The number of rotatable bonds is 5. The van der Waals surface area contributed by atoms with E-state index in [1.54, 1.807) is 6.07 Å². The first-order chi connectivity index (χ1) is 8.33. The van der Waals surface area contributed by atoms with E-state index in [0.717, 1.165) is 10.5 Å². The highest BCUT2D eigenvalue weighted by atomic mass is 32.2. The van der Waals surface area contributed by atoms with E-state index in [4.69, 9.17) is 10.9 Å². The Kier molecular flexibility index (Phi) is 5.03. The van der Waals surface area contributed by atoms with E-state index in [-0.39, 0.29) is 11.6 Å². The van der Waals surface area contributed by atoms with Crippen molar-refractivity contribution >= 4 is 27.4 Å². The fourth-order valence-electron chi connectivity index (χ4n) is 1.38. The van der Waals surface area contributed by atoms with Crippen LogP contribution in [0.3, 0.4) is 0 Å². The second-order valence-corrected chi connectivity index (χ2v) is 7.37. The molecule has 1 rings (SSSR count). The predicted octanol–water partition coefficient (Wildman–Crippen LogP) is 1.23. The molecule has 18 heavy (non-hydrogen) atoms. The van der Waals surface area contributed by atoms with Gasteiger partial charge in [0.1, 0.15) is 9.84 Å². The second-order valence-electron chi connectivity index (χ2n) is 3.94. The summed E-state index contributed by atoms with van der Waals surface area (Å²) in [6, 6.07) is 5.47. The molecule has 7 heteroatoms. The lowest BCUT2D eigenvalue weighted by atomic mass is 10.1. The van der Waals surface area contributed by atoms with E-state index >= 15 is 0 Å². The molecule has 0 aliphatic rings. The molecule has 0 fully saturated rings. The molecule has 0 saturated carbocycles. The summed E-state index contributed by atoms with van der Waals surface area (Å²) in [5, 5.41) is 11.6. The number of hydrogen-bond acceptors (Lipinski definition) is 5. The Hall–Kier alpha value is -1.21. The van der Waals surface area contributed by atoms with E-state index in [0.29, 0.717) is 11.3 Å². The molecule has 0 heterocycles. The van der Waals surface area contributed by atoms with Gasteiger partial charge in [-0.3, -0.25) is 0 Å². The van der Waals surface area contributed by atoms with Crippen LogP contribution in [0.25, 0.3) is 0 Å². The van der Waals surface area contributed by atoms with Gasteiger partial charge in [0.25, 0.3) is 0 Å². The maximum Gasteiger partial charge on any atom is 0.170 e. The van der Waals surface area contributed by atoms with Gasteiger partial charge in [-0.2, -0.15) is 0 Å². The molecule has 0 aliphatic carbocycles. The topological polar surface area (TPSA) is 92.8 Å². The summed E-state index contributed by atoms with van der Waals surface area (Å²) in [5.41, 5.74) is 7.07. The van der Waals surface area contributed by atoms with Gasteiger partial charge in [-0.15, -0.1) is 11.8 Å². The van der Waals surface area contributed by atoms with Crippen LogP contribution in [0.5, 0.6) is 0 Å². The number of hydrogen-bond donors (Lipinski definition) is 2. The minimum absolute atomic E-state index is 0.0696. The molecule has 3 N–H and O–H groups in total. The van der Waals surface area contributed by atoms with Crippen molar-refractivity contribution in [1.82, 2.24) is 0 Å². The molecule has 1 aromatic rings. The van der Waals surface area contributed by atoms with Crippen molar-refractivity contribution in [2.45, 2.75) is 11.8 Å². The summed E-state index contributed by atoms with van der Waals surface area (Å²) in [6.45, 7) is 1.86. The average molecular weight is 288 g/mol. The Bertz CT molecular complexity index is 553. The number of nitrogens with two attached hydrogens (primary N) is 1. The largest absolute Gasteiger partial charge is 0.409 e. The summed E-state index contributed by atoms with van der Waals surface area (Å²) in [6.07, 6.45) is 1.22. The summed E-state index contributed by atoms with van der Waals surface area (Å²) in [4.78, 5) is 0.964. The van der Waals surface area contributed by atoms with E-state index in [1.165, 1.54) is 18.0 Å². The number of sulfone groups is 1. The summed E-state index contributed by atoms with van der Waals surface area (Å²) >= 11 is 1.47. The minimum Gasteiger partial charge on any atom is -0.409 e. The standard InChI is InChI=1S/C11H16N2O3S2/c1-8-7-9(17-5-6-18(2,15)16)3-4-10(8)11(12)13-14/h3-4,7,14H,5-6H2,1-2H3,(H2,12,13). The van der Waals surface area contributed by atoms with Gasteiger partial charge in [0.15, 0.2) is 5.84 Å². The van der Waals surface area contributed by atoms with Gasteiger partial charge in [0, 0.05) is 22.5 Å². The fourth-order valence-corrected chi connectivity index (χ4v) is 3.58. The zero-order chi connectivity index (χ0) is 13.8. The lowest BCUT2D eigenvalue weighted by Crippen LogP contribution is -2.14. The van der Waals surface area contributed by atoms with Crippen LogP contribution in [0.15, 0.2) is 28.3 Å². The highest BCUT2D eigenvalue weighted by molar-refractivity contribution is 8.00. The third-order valence-electron chi connectivity index (χ3n) is 2.30. The number of thioether (sulfide) groups is 1. The molecule has 0 bridgehead atoms. The van der Waals surface area contributed by atoms with Gasteiger partial charge in [0.05, 0.1) is 5.75 Å². The number of nitrogens with zero attached hydrogens (tertiary/aromatic N) is 1. The monoisotopic (exact) mass is 288 g/mol. The summed E-state index contributed by atoms with van der Waals surface area (Å²) in [7, 11) is -2.92. The Balaban J connectivity index is 2.73. The molecule has 0 saturated heterocycles. The Morgan fingerprint density at radius 3 is 2.67 bits per heavy atom. The highest BCUT2D eigenvalue weighted by Gasteiger charge is 2.06. The maximum atomic E-state index is 11.0. The van der Waals surface area contributed by atoms with Crippen molar-refractivity contribution < 1.29 is 13.6 Å². The molecule has 0 aliphatic heterocycles. The van der Waals surface area contributed by atoms with Crippen LogP contribution in [0.1, 0.15) is 11.1 Å². The van der Waals surface area contributed by atoms with Crippen LogP contribution in [0.4, 0.5) is 0 Å². The fraction of sp³-hybridized carbons (Fsp3) is 0.364. The van der Waals surface area contributed by atoms with Gasteiger partial charge in [-0.25, -0.2) is 8.42 Å². The smallest absolute Gasteiger partial charge is 0.170 e. The summed E-state index contributed by atoms with van der Waals surface area (Å²) in [5.74, 6) is 0.736. The predicted molar refractivity (Wildman–Crippen MR) is 74.1 cm³/mol. The average Bonchev–Trinajstić information content (AvgIpc) is 2.26. The number of benzene rings is 1. The summed E-state index contributed by atoms with van der Waals surface area (Å²) < 4.78 is 22.0. The van der Waals surface area contributed by atoms with Crippen LogP contribution in [0.2, 0.25) is 0 Å². The van der Waals surface area contributed by atoms with Crippen molar-refractivity contribution in [3.63, 3.8) is 0 Å². The van der Waals surface area contributed by atoms with Crippen LogP contribution >= 0.6 is 11.8 Å². The second kappa shape index (κ2) is 6.10. The van der Waals surface area contributed by atoms with Crippen molar-refractivity contribution in [2.24, 2.45) is 10.9 Å². The molecule has 5 nitrogen and oxygen atoms in total. The number of amidine groups is 1. The molecule has 100 valence electrons. The minimum atomic E-state index is -2.92. The quantitative estimate of drug-likeness (QED) is 0.279. The van der Waals surface area contributed by atoms with Crippen LogP contribution in [-0.2, 0) is 9.84 Å². The maximum absolute atomic E-state index is 11.0.